The number of carbonyl (C=O) groups excluding carboxylic acids is 1. The van der Waals surface area contributed by atoms with Crippen LogP contribution in [-0.2, 0) is 47.3 Å². The Bertz CT molecular complexity index is 2390. The third-order valence-electron chi connectivity index (χ3n) is 10.6. The van der Waals surface area contributed by atoms with E-state index in [0.29, 0.717) is 52.1 Å². The monoisotopic (exact) mass is 990 g/mol. The summed E-state index contributed by atoms with van der Waals surface area (Å²) in [6.07, 6.45) is 4.39. The minimum atomic E-state index is -3.29. The van der Waals surface area contributed by atoms with E-state index < -0.39 is 76.6 Å². The van der Waals surface area contributed by atoms with Crippen molar-refractivity contribution < 1.29 is 46.1 Å². The van der Waals surface area contributed by atoms with E-state index >= 15 is 0 Å². The van der Waals surface area contributed by atoms with E-state index in [9.17, 15) is 31.8 Å². The van der Waals surface area contributed by atoms with Crippen molar-refractivity contribution in [2.24, 2.45) is 0 Å². The molecule has 20 nitrogen and oxygen atoms in total. The van der Waals surface area contributed by atoms with Crippen LogP contribution in [0.25, 0.3) is 22.1 Å². The second kappa shape index (κ2) is 19.7. The van der Waals surface area contributed by atoms with Gasteiger partial charge in [0.25, 0.3) is 0 Å². The first kappa shape index (κ1) is 48.8. The van der Waals surface area contributed by atoms with E-state index in [-0.39, 0.29) is 44.2 Å². The lowest BCUT2D eigenvalue weighted by atomic mass is 10.2. The number of sulfone groups is 2. The molecular weight excluding hydrogens is 933 g/mol. The maximum atomic E-state index is 12.4. The molecular formula is C36H59BrN10O10S2Si2. The Morgan fingerprint density at radius 2 is 1.16 bits per heavy atom. The zero-order chi connectivity index (χ0) is 45.1. The van der Waals surface area contributed by atoms with Crippen LogP contribution in [0.2, 0.25) is 51.4 Å². The molecule has 0 spiro atoms. The maximum absolute atomic E-state index is 12.4. The molecule has 61 heavy (non-hydrogen) atoms. The highest BCUT2D eigenvalue weighted by atomic mass is 79.9. The summed E-state index contributed by atoms with van der Waals surface area (Å²) in [6.45, 7) is 15.3. The fourth-order valence-corrected chi connectivity index (χ4v) is 11.2. The molecule has 2 aliphatic carbocycles. The number of esters is 1. The summed E-state index contributed by atoms with van der Waals surface area (Å²) < 4.78 is 67.6. The van der Waals surface area contributed by atoms with Crippen molar-refractivity contribution in [3.63, 3.8) is 0 Å². The number of halogens is 1. The first-order valence-corrected chi connectivity index (χ1v) is 32.1. The maximum Gasteiger partial charge on any atom is 0.359 e. The van der Waals surface area contributed by atoms with Gasteiger partial charge in [-0.2, -0.15) is 10.2 Å². The van der Waals surface area contributed by atoms with Crippen molar-refractivity contribution in [2.45, 2.75) is 125 Å². The summed E-state index contributed by atoms with van der Waals surface area (Å²) in [5.41, 5.74) is 1.00. The number of fused-ring (bicyclic) bond motifs is 2. The molecule has 0 saturated heterocycles. The lowest BCUT2D eigenvalue weighted by Crippen LogP contribution is -2.28. The molecule has 4 aromatic heterocycles. The Labute approximate surface area is 366 Å². The van der Waals surface area contributed by atoms with Gasteiger partial charge in [-0.3, -0.25) is 0 Å². The van der Waals surface area contributed by atoms with Gasteiger partial charge in [0.2, 0.25) is 0 Å². The lowest BCUT2D eigenvalue weighted by Gasteiger charge is -2.17. The first-order chi connectivity index (χ1) is 28.4. The summed E-state index contributed by atoms with van der Waals surface area (Å²) in [5.74, 6) is 0.130. The van der Waals surface area contributed by atoms with Crippen LogP contribution in [0, 0.1) is 0 Å². The van der Waals surface area contributed by atoms with Gasteiger partial charge in [0.05, 0.1) is 52.7 Å². The van der Waals surface area contributed by atoms with Gasteiger partial charge >= 0.3 is 5.97 Å². The number of nitrogens with one attached hydrogen (secondary N) is 2. The minimum Gasteiger partial charge on any atom is -0.464 e. The van der Waals surface area contributed by atoms with Crippen LogP contribution in [0.5, 0.6) is 0 Å². The van der Waals surface area contributed by atoms with Crippen molar-refractivity contribution in [3.8, 4) is 0 Å². The third kappa shape index (κ3) is 13.0. The Hall–Kier alpha value is -3.18. The van der Waals surface area contributed by atoms with Crippen LogP contribution < -0.4 is 10.6 Å². The highest BCUT2D eigenvalue weighted by molar-refractivity contribution is 9.10. The Kier molecular flexibility index (Phi) is 15.8. The van der Waals surface area contributed by atoms with Crippen molar-refractivity contribution >= 4 is 91.4 Å². The lowest BCUT2D eigenvalue weighted by molar-refractivity contribution is 0.0585. The van der Waals surface area contributed by atoms with Gasteiger partial charge in [-0.1, -0.05) is 39.3 Å². The van der Waals surface area contributed by atoms with E-state index in [1.54, 1.807) is 4.68 Å². The zero-order valence-corrected chi connectivity index (χ0v) is 41.3. The highest BCUT2D eigenvalue weighted by Crippen LogP contribution is 2.33. The Balaban J connectivity index is 0.000000232. The molecule has 0 amide bonds. The van der Waals surface area contributed by atoms with Gasteiger partial charge < -0.3 is 35.1 Å². The normalized spacial score (nSPS) is 22.4. The van der Waals surface area contributed by atoms with Crippen LogP contribution in [0.4, 0.5) is 11.6 Å². The average Bonchev–Trinajstić information content (AvgIpc) is 3.92. The SMILES string of the molecule is COC(=O)c1nn(COCC[Si](C)(C)C)c2ncnc(NC3C[C@@H](S(C)(=O)=O)C[C@H]3O)c12.C[Si](C)(C)CCOCn1nc(Br)c2c(NC3C[C@@H](S(C)(=O)=O)C[C@H]3O)ncnc21. The standard InChI is InChI=1S/C19H31N5O6SSi.C17H28BrN5O4SSi/c1-29-19(26)16-15-17(22-13-8-12(9-14(13)25)31(2,27)28)20-10-21-18(15)24(23-16)11-30-6-7-32(3,4)5;1-28(25,26)11-7-12(13(24)8-11)21-16-14-15(18)22-23(17(14)20-9-19-16)10-27-5-6-29(2,3)4/h10,12-14,25H,6-9,11H2,1-5H3,(H,20,21,22);9,11-13,24H,5-8,10H2,1-4H3,(H,19,20,21)/t12-,13?,14-;11-,12?,13-/m11/s1. The Morgan fingerprint density at radius 3 is 1.57 bits per heavy atom. The number of hydrogen-bond acceptors (Lipinski definition) is 18. The molecule has 0 aliphatic heterocycles. The molecule has 0 radical (unpaired) electrons. The molecule has 2 unspecified atom stereocenters. The van der Waals surface area contributed by atoms with Crippen molar-refractivity contribution in [1.29, 1.82) is 0 Å². The van der Waals surface area contributed by atoms with E-state index in [1.807, 2.05) is 0 Å². The molecule has 4 N–H and O–H groups in total. The Morgan fingerprint density at radius 1 is 0.738 bits per heavy atom. The van der Waals surface area contributed by atoms with Crippen LogP contribution in [-0.4, -0.2) is 156 Å². The van der Waals surface area contributed by atoms with Crippen molar-refractivity contribution in [2.75, 3.05) is 43.5 Å². The first-order valence-electron chi connectivity index (χ1n) is 20.0. The molecule has 25 heteroatoms. The molecule has 340 valence electrons. The van der Waals surface area contributed by atoms with E-state index in [0.717, 1.165) is 18.3 Å². The van der Waals surface area contributed by atoms with Gasteiger partial charge in [0, 0.05) is 41.9 Å². The van der Waals surface area contributed by atoms with E-state index in [2.05, 4.69) is 96.0 Å². The number of aliphatic hydroxyl groups is 2. The average molecular weight is 992 g/mol. The fourth-order valence-electron chi connectivity index (χ4n) is 6.97. The highest BCUT2D eigenvalue weighted by Gasteiger charge is 2.40. The molecule has 6 rings (SSSR count). The van der Waals surface area contributed by atoms with Gasteiger partial charge in [-0.25, -0.2) is 50.9 Å². The molecule has 0 bridgehead atoms. The second-order valence-electron chi connectivity index (χ2n) is 18.2. The number of ether oxygens (including phenoxy) is 3. The van der Waals surface area contributed by atoms with Crippen LogP contribution >= 0.6 is 15.9 Å². The smallest absolute Gasteiger partial charge is 0.359 e. The molecule has 4 aromatic rings. The number of carbonyl (C=O) groups is 1. The number of aliphatic hydroxyl groups excluding tert-OH is 2. The summed E-state index contributed by atoms with van der Waals surface area (Å²) in [7, 11) is -7.65. The molecule has 6 atom stereocenters. The number of aromatic nitrogens is 8. The quantitative estimate of drug-likeness (QED) is 0.0670. The van der Waals surface area contributed by atoms with Gasteiger partial charge in [-0.05, 0) is 53.7 Å². The van der Waals surface area contributed by atoms with Crippen LogP contribution in [0.15, 0.2) is 17.3 Å². The number of nitrogens with zero attached hydrogens (tertiary/aromatic N) is 8. The predicted molar refractivity (Wildman–Crippen MR) is 240 cm³/mol. The molecule has 2 aliphatic rings. The van der Waals surface area contributed by atoms with Gasteiger partial charge in [0.1, 0.15) is 62.0 Å². The molecule has 2 saturated carbocycles. The van der Waals surface area contributed by atoms with Crippen molar-refractivity contribution in [3.05, 3.63) is 23.0 Å². The topological polar surface area (TPSA) is 265 Å². The summed E-state index contributed by atoms with van der Waals surface area (Å²) >= 11 is 3.46. The number of methoxy groups -OCH3 is 1. The number of rotatable bonds is 17. The van der Waals surface area contributed by atoms with Gasteiger partial charge in [0.15, 0.2) is 17.0 Å². The van der Waals surface area contributed by atoms with Crippen LogP contribution in [0.3, 0.4) is 0 Å². The fraction of sp³-hybridized carbons (Fsp3) is 0.694. The van der Waals surface area contributed by atoms with E-state index in [1.165, 1.54) is 30.7 Å². The van der Waals surface area contributed by atoms with Crippen LogP contribution in [0.1, 0.15) is 36.2 Å². The largest absolute Gasteiger partial charge is 0.464 e. The molecule has 4 heterocycles. The molecule has 0 aromatic carbocycles. The molecule has 2 fully saturated rings. The number of anilines is 2. The number of hydrogen-bond donors (Lipinski definition) is 4. The summed E-state index contributed by atoms with van der Waals surface area (Å²) in [5, 5.41) is 35.6. The van der Waals surface area contributed by atoms with E-state index in [4.69, 9.17) is 14.2 Å². The van der Waals surface area contributed by atoms with Crippen molar-refractivity contribution in [1.82, 2.24) is 39.5 Å². The third-order valence-corrected chi connectivity index (χ3v) is 17.8. The summed E-state index contributed by atoms with van der Waals surface area (Å²) in [6, 6.07) is 1.10. The summed E-state index contributed by atoms with van der Waals surface area (Å²) in [4.78, 5) is 29.5. The van der Waals surface area contributed by atoms with Gasteiger partial charge in [-0.15, -0.1) is 0 Å². The zero-order valence-electron chi connectivity index (χ0n) is 36.1. The predicted octanol–water partition coefficient (Wildman–Crippen LogP) is 3.52. The second-order valence-corrected chi connectivity index (χ2v) is 34.8. The minimum absolute atomic E-state index is 0.0200.